The Morgan fingerprint density at radius 2 is 1.87 bits per heavy atom. The lowest BCUT2D eigenvalue weighted by Crippen LogP contribution is -2.26. The number of amides is 1. The summed E-state index contributed by atoms with van der Waals surface area (Å²) in [4.78, 5) is 24.6. The van der Waals surface area contributed by atoms with Crippen molar-refractivity contribution in [2.24, 2.45) is 0 Å². The van der Waals surface area contributed by atoms with Gasteiger partial charge in [0.15, 0.2) is 17.2 Å². The first-order chi connectivity index (χ1) is 14.9. The van der Waals surface area contributed by atoms with Crippen LogP contribution in [-0.2, 0) is 11.2 Å². The van der Waals surface area contributed by atoms with Crippen molar-refractivity contribution in [1.82, 2.24) is 5.32 Å². The van der Waals surface area contributed by atoms with Crippen LogP contribution in [0.25, 0.3) is 11.1 Å². The smallest absolute Gasteiger partial charge is 0.220 e. The molecule has 164 valence electrons. The SMILES string of the molecule is C=CCOc1cc2c(ccc1=O)-c1c(cc(OC)c(OC)c1OC)CC[C@@H]2NC(C)=O. The Morgan fingerprint density at radius 3 is 2.48 bits per heavy atom. The summed E-state index contributed by atoms with van der Waals surface area (Å²) in [5.74, 6) is 1.56. The molecule has 0 radical (unpaired) electrons. The fourth-order valence-electron chi connectivity index (χ4n) is 3.95. The van der Waals surface area contributed by atoms with Crippen LogP contribution < -0.4 is 29.7 Å². The van der Waals surface area contributed by atoms with Crippen LogP contribution in [0.5, 0.6) is 23.0 Å². The van der Waals surface area contributed by atoms with Crippen LogP contribution in [0.2, 0.25) is 0 Å². The number of methoxy groups -OCH3 is 3. The zero-order valence-electron chi connectivity index (χ0n) is 18.2. The zero-order valence-corrected chi connectivity index (χ0v) is 18.2. The van der Waals surface area contributed by atoms with Crippen LogP contribution in [0.3, 0.4) is 0 Å². The van der Waals surface area contributed by atoms with E-state index in [-0.39, 0.29) is 29.7 Å². The van der Waals surface area contributed by atoms with Crippen LogP contribution in [0.15, 0.2) is 41.7 Å². The predicted molar refractivity (Wildman–Crippen MR) is 118 cm³/mol. The van der Waals surface area contributed by atoms with Gasteiger partial charge in [0.25, 0.3) is 0 Å². The number of nitrogens with one attached hydrogen (secondary N) is 1. The van der Waals surface area contributed by atoms with Crippen molar-refractivity contribution in [1.29, 1.82) is 0 Å². The zero-order chi connectivity index (χ0) is 22.5. The Hall–Kier alpha value is -3.48. The van der Waals surface area contributed by atoms with E-state index in [2.05, 4.69) is 11.9 Å². The van der Waals surface area contributed by atoms with E-state index in [4.69, 9.17) is 18.9 Å². The van der Waals surface area contributed by atoms with Crippen molar-refractivity contribution in [2.45, 2.75) is 25.8 Å². The van der Waals surface area contributed by atoms with Crippen molar-refractivity contribution in [2.75, 3.05) is 27.9 Å². The van der Waals surface area contributed by atoms with Gasteiger partial charge in [0, 0.05) is 12.5 Å². The lowest BCUT2D eigenvalue weighted by Gasteiger charge is -2.20. The Morgan fingerprint density at radius 1 is 1.13 bits per heavy atom. The van der Waals surface area contributed by atoms with Gasteiger partial charge in [0.05, 0.1) is 27.4 Å². The number of aryl methyl sites for hydroxylation is 1. The molecule has 0 bridgehead atoms. The van der Waals surface area contributed by atoms with Gasteiger partial charge < -0.3 is 24.3 Å². The molecule has 0 aromatic heterocycles. The van der Waals surface area contributed by atoms with Gasteiger partial charge in [-0.3, -0.25) is 9.59 Å². The molecule has 0 aliphatic heterocycles. The number of rotatable bonds is 7. The molecule has 1 amide bonds. The largest absolute Gasteiger partial charge is 0.493 e. The molecule has 3 rings (SSSR count). The maximum atomic E-state index is 12.7. The number of fused-ring (bicyclic) bond motifs is 3. The van der Waals surface area contributed by atoms with E-state index in [1.165, 1.54) is 13.0 Å². The highest BCUT2D eigenvalue weighted by Gasteiger charge is 2.29. The average Bonchev–Trinajstić information content (AvgIpc) is 3.00. The van der Waals surface area contributed by atoms with Crippen LogP contribution in [0, 0.1) is 0 Å². The van der Waals surface area contributed by atoms with Crippen molar-refractivity contribution >= 4 is 5.91 Å². The van der Waals surface area contributed by atoms with E-state index in [1.54, 1.807) is 39.5 Å². The Balaban J connectivity index is 2.38. The summed E-state index contributed by atoms with van der Waals surface area (Å²) in [5.41, 5.74) is 3.02. The lowest BCUT2D eigenvalue weighted by molar-refractivity contribution is -0.119. The lowest BCUT2D eigenvalue weighted by atomic mass is 9.95. The maximum Gasteiger partial charge on any atom is 0.220 e. The number of carbonyl (C=O) groups is 1. The molecule has 0 spiro atoms. The van der Waals surface area contributed by atoms with Gasteiger partial charge in [-0.2, -0.15) is 0 Å². The van der Waals surface area contributed by atoms with Crippen molar-refractivity contribution in [3.8, 4) is 34.1 Å². The number of hydrogen-bond acceptors (Lipinski definition) is 6. The Kier molecular flexibility index (Phi) is 6.84. The number of ether oxygens (including phenoxy) is 4. The third-order valence-corrected chi connectivity index (χ3v) is 5.23. The Bertz CT molecular complexity index is 1060. The summed E-state index contributed by atoms with van der Waals surface area (Å²) >= 11 is 0. The van der Waals surface area contributed by atoms with Crippen molar-refractivity contribution in [3.05, 3.63) is 58.3 Å². The first kappa shape index (κ1) is 22.2. The normalized spacial score (nSPS) is 14.4. The summed E-state index contributed by atoms with van der Waals surface area (Å²) < 4.78 is 22.5. The molecule has 7 nitrogen and oxygen atoms in total. The van der Waals surface area contributed by atoms with Crippen LogP contribution >= 0.6 is 0 Å². The molecule has 2 aromatic rings. The number of benzene rings is 1. The second-order valence-corrected chi connectivity index (χ2v) is 7.15. The predicted octanol–water partition coefficient (Wildman–Crippen LogP) is 3.43. The van der Waals surface area contributed by atoms with E-state index in [0.717, 1.165) is 22.3 Å². The highest BCUT2D eigenvalue weighted by molar-refractivity contribution is 5.83. The van der Waals surface area contributed by atoms with Gasteiger partial charge >= 0.3 is 0 Å². The fourth-order valence-corrected chi connectivity index (χ4v) is 3.95. The quantitative estimate of drug-likeness (QED) is 0.685. The first-order valence-electron chi connectivity index (χ1n) is 9.96. The number of hydrogen-bond donors (Lipinski definition) is 1. The molecular formula is C24H27NO6. The molecule has 7 heteroatoms. The molecule has 1 atom stereocenters. The van der Waals surface area contributed by atoms with E-state index >= 15 is 0 Å². The molecule has 0 fully saturated rings. The van der Waals surface area contributed by atoms with Gasteiger partial charge in [-0.1, -0.05) is 12.7 Å². The van der Waals surface area contributed by atoms with Gasteiger partial charge in [-0.05, 0) is 53.8 Å². The fraction of sp³-hybridized carbons (Fsp3) is 0.333. The second-order valence-electron chi connectivity index (χ2n) is 7.15. The number of carbonyl (C=O) groups excluding carboxylic acids is 1. The minimum Gasteiger partial charge on any atom is -0.493 e. The topological polar surface area (TPSA) is 83.1 Å². The minimum absolute atomic E-state index is 0.161. The summed E-state index contributed by atoms with van der Waals surface area (Å²) in [5, 5.41) is 3.00. The van der Waals surface area contributed by atoms with E-state index < -0.39 is 0 Å². The molecule has 31 heavy (non-hydrogen) atoms. The van der Waals surface area contributed by atoms with Crippen LogP contribution in [0.1, 0.15) is 30.5 Å². The van der Waals surface area contributed by atoms with Gasteiger partial charge in [-0.15, -0.1) is 0 Å². The highest BCUT2D eigenvalue weighted by Crippen LogP contribution is 2.50. The summed E-state index contributed by atoms with van der Waals surface area (Å²) in [6.07, 6.45) is 2.85. The summed E-state index contributed by atoms with van der Waals surface area (Å²) in [7, 11) is 4.68. The minimum atomic E-state index is -0.320. The monoisotopic (exact) mass is 425 g/mol. The maximum absolute atomic E-state index is 12.7. The summed E-state index contributed by atoms with van der Waals surface area (Å²) in [6.45, 7) is 5.31. The second kappa shape index (κ2) is 9.55. The van der Waals surface area contributed by atoms with Crippen LogP contribution in [-0.4, -0.2) is 33.8 Å². The molecule has 0 heterocycles. The van der Waals surface area contributed by atoms with Crippen molar-refractivity contribution < 1.29 is 23.7 Å². The third-order valence-electron chi connectivity index (χ3n) is 5.23. The van der Waals surface area contributed by atoms with Gasteiger partial charge in [0.2, 0.25) is 17.1 Å². The Labute approximate surface area is 181 Å². The van der Waals surface area contributed by atoms with Gasteiger partial charge in [0.1, 0.15) is 6.61 Å². The van der Waals surface area contributed by atoms with E-state index in [0.29, 0.717) is 30.1 Å². The first-order valence-corrected chi connectivity index (χ1v) is 9.96. The van der Waals surface area contributed by atoms with E-state index in [9.17, 15) is 9.59 Å². The molecule has 2 aromatic carbocycles. The van der Waals surface area contributed by atoms with Crippen LogP contribution in [0.4, 0.5) is 0 Å². The molecule has 0 unspecified atom stereocenters. The third kappa shape index (κ3) is 4.35. The van der Waals surface area contributed by atoms with E-state index in [1.807, 2.05) is 6.07 Å². The van der Waals surface area contributed by atoms with Gasteiger partial charge in [-0.25, -0.2) is 0 Å². The average molecular weight is 425 g/mol. The molecule has 1 aliphatic rings. The summed E-state index contributed by atoms with van der Waals surface area (Å²) in [6, 6.07) is 6.50. The van der Waals surface area contributed by atoms with Crippen molar-refractivity contribution in [3.63, 3.8) is 0 Å². The molecule has 0 saturated carbocycles. The molecular weight excluding hydrogens is 398 g/mol. The molecule has 1 aliphatic carbocycles. The molecule has 0 saturated heterocycles. The standard InChI is InChI=1S/C24H27NO6/c1-6-11-31-20-13-17-16(8-10-19(20)27)22-15(7-9-18(17)25-14(2)26)12-21(28-3)23(29-4)24(22)30-5/h6,8,10,12-13,18H,1,7,9,11H2,2-5H3,(H,25,26)/t18-/m0/s1. The molecule has 1 N–H and O–H groups in total. The highest BCUT2D eigenvalue weighted by atomic mass is 16.5.